The molecule has 0 aliphatic carbocycles. The molecule has 7 heteroatoms. The second-order valence-corrected chi connectivity index (χ2v) is 4.86. The van der Waals surface area contributed by atoms with E-state index in [9.17, 15) is 9.59 Å². The molecule has 1 saturated heterocycles. The quantitative estimate of drug-likeness (QED) is 0.701. The van der Waals surface area contributed by atoms with E-state index in [1.807, 2.05) is 0 Å². The minimum atomic E-state index is -0.148. The van der Waals surface area contributed by atoms with Crippen molar-refractivity contribution in [2.45, 2.75) is 37.8 Å². The van der Waals surface area contributed by atoms with E-state index < -0.39 is 0 Å². The van der Waals surface area contributed by atoms with E-state index in [-0.39, 0.29) is 24.0 Å². The number of carbonyl (C=O) groups is 2. The van der Waals surface area contributed by atoms with Crippen LogP contribution in [0.2, 0.25) is 0 Å². The number of likely N-dealkylation sites (tertiary alicyclic amines) is 1. The number of methoxy groups -OCH3 is 1. The van der Waals surface area contributed by atoms with Crippen LogP contribution in [0.25, 0.3) is 0 Å². The molecular formula is C12H20N4O3. The molecule has 2 rings (SSSR count). The summed E-state index contributed by atoms with van der Waals surface area (Å²) in [4.78, 5) is 25.2. The molecule has 0 aromatic carbocycles. The fourth-order valence-electron chi connectivity index (χ4n) is 2.51. The second kappa shape index (κ2) is 6.12. The van der Waals surface area contributed by atoms with Crippen LogP contribution in [0.15, 0.2) is 5.10 Å². The van der Waals surface area contributed by atoms with Gasteiger partial charge < -0.3 is 15.4 Å². The minimum absolute atomic E-state index is 0.0217. The number of piperidine rings is 1. The summed E-state index contributed by atoms with van der Waals surface area (Å²) in [6, 6.07) is -0.0217. The van der Waals surface area contributed by atoms with Crippen molar-refractivity contribution < 1.29 is 14.3 Å². The van der Waals surface area contributed by atoms with Crippen LogP contribution < -0.4 is 11.2 Å². The van der Waals surface area contributed by atoms with Gasteiger partial charge in [0.05, 0.1) is 6.10 Å². The number of nitrogens with zero attached hydrogens (tertiary/aromatic N) is 2. The van der Waals surface area contributed by atoms with Gasteiger partial charge in [-0.05, 0) is 12.8 Å². The van der Waals surface area contributed by atoms with Crippen molar-refractivity contribution in [2.24, 2.45) is 10.8 Å². The van der Waals surface area contributed by atoms with Crippen LogP contribution in [0.4, 0.5) is 0 Å². The standard InChI is InChI=1S/C12H20N4O3/c1-19-9-4-5-16(8(6-9)7-13)12(18)10-2-3-11(17)15-14-10/h8-9H,2-7,13H2,1H3,(H,15,17). The predicted molar refractivity (Wildman–Crippen MR) is 69.4 cm³/mol. The van der Waals surface area contributed by atoms with Crippen LogP contribution >= 0.6 is 0 Å². The highest BCUT2D eigenvalue weighted by molar-refractivity contribution is 6.39. The van der Waals surface area contributed by atoms with Crippen LogP contribution in [0, 0.1) is 0 Å². The first-order chi connectivity index (χ1) is 9.15. The van der Waals surface area contributed by atoms with E-state index in [2.05, 4.69) is 10.5 Å². The topological polar surface area (TPSA) is 97.0 Å². The molecule has 2 aliphatic rings. The van der Waals surface area contributed by atoms with Crippen molar-refractivity contribution in [3.05, 3.63) is 0 Å². The van der Waals surface area contributed by atoms with Crippen LogP contribution in [0.3, 0.4) is 0 Å². The predicted octanol–water partition coefficient (Wildman–Crippen LogP) is -0.783. The molecule has 0 spiro atoms. The van der Waals surface area contributed by atoms with Gasteiger partial charge in [-0.25, -0.2) is 5.43 Å². The smallest absolute Gasteiger partial charge is 0.270 e. The molecule has 0 aromatic rings. The van der Waals surface area contributed by atoms with E-state index in [1.54, 1.807) is 12.0 Å². The summed E-state index contributed by atoms with van der Waals surface area (Å²) in [6.45, 7) is 1.03. The Labute approximate surface area is 112 Å². The summed E-state index contributed by atoms with van der Waals surface area (Å²) in [6.07, 6.45) is 2.42. The molecule has 106 valence electrons. The van der Waals surface area contributed by atoms with Gasteiger partial charge in [0, 0.05) is 39.1 Å². The molecule has 2 heterocycles. The van der Waals surface area contributed by atoms with Gasteiger partial charge in [-0.2, -0.15) is 5.10 Å². The van der Waals surface area contributed by atoms with Crippen molar-refractivity contribution in [3.8, 4) is 0 Å². The third-order valence-electron chi connectivity index (χ3n) is 3.69. The lowest BCUT2D eigenvalue weighted by Crippen LogP contribution is -2.53. The van der Waals surface area contributed by atoms with Crippen LogP contribution in [0.1, 0.15) is 25.7 Å². The Hall–Kier alpha value is -1.47. The lowest BCUT2D eigenvalue weighted by molar-refractivity contribution is -0.129. The Kier molecular flexibility index (Phi) is 4.49. The maximum absolute atomic E-state index is 12.4. The summed E-state index contributed by atoms with van der Waals surface area (Å²) in [5, 5.41) is 3.85. The van der Waals surface area contributed by atoms with Crippen LogP contribution in [-0.4, -0.2) is 54.8 Å². The molecule has 3 N–H and O–H groups in total. The molecule has 0 bridgehead atoms. The Morgan fingerprint density at radius 3 is 2.95 bits per heavy atom. The Morgan fingerprint density at radius 2 is 2.37 bits per heavy atom. The molecule has 0 saturated carbocycles. The number of carbonyl (C=O) groups excluding carboxylic acids is 2. The first-order valence-corrected chi connectivity index (χ1v) is 6.55. The summed E-state index contributed by atoms with van der Waals surface area (Å²) >= 11 is 0. The highest BCUT2D eigenvalue weighted by Crippen LogP contribution is 2.20. The average Bonchev–Trinajstić information content (AvgIpc) is 2.46. The molecule has 2 atom stereocenters. The zero-order valence-electron chi connectivity index (χ0n) is 11.1. The van der Waals surface area contributed by atoms with Crippen LogP contribution in [-0.2, 0) is 14.3 Å². The van der Waals surface area contributed by atoms with Crippen LogP contribution in [0.5, 0.6) is 0 Å². The maximum Gasteiger partial charge on any atom is 0.270 e. The van der Waals surface area contributed by atoms with Gasteiger partial charge in [0.1, 0.15) is 5.71 Å². The number of rotatable bonds is 3. The third kappa shape index (κ3) is 3.10. The first-order valence-electron chi connectivity index (χ1n) is 6.55. The van der Waals surface area contributed by atoms with Gasteiger partial charge >= 0.3 is 0 Å². The number of ether oxygens (including phenoxy) is 1. The molecule has 0 aromatic heterocycles. The molecular weight excluding hydrogens is 248 g/mol. The molecule has 7 nitrogen and oxygen atoms in total. The summed E-state index contributed by atoms with van der Waals surface area (Å²) in [7, 11) is 1.68. The van der Waals surface area contributed by atoms with E-state index in [0.29, 0.717) is 31.6 Å². The molecule has 19 heavy (non-hydrogen) atoms. The number of amides is 2. The maximum atomic E-state index is 12.4. The van der Waals surface area contributed by atoms with E-state index >= 15 is 0 Å². The number of hydrogen-bond acceptors (Lipinski definition) is 5. The zero-order chi connectivity index (χ0) is 13.8. The fraction of sp³-hybridized carbons (Fsp3) is 0.750. The largest absolute Gasteiger partial charge is 0.381 e. The van der Waals surface area contributed by atoms with Gasteiger partial charge in [-0.3, -0.25) is 9.59 Å². The molecule has 1 fully saturated rings. The SMILES string of the molecule is COC1CCN(C(=O)C2=NNC(=O)CC2)C(CN)C1. The van der Waals surface area contributed by atoms with Crippen molar-refractivity contribution in [1.82, 2.24) is 10.3 Å². The highest BCUT2D eigenvalue weighted by Gasteiger charge is 2.33. The summed E-state index contributed by atoms with van der Waals surface area (Å²) in [5.74, 6) is -0.269. The lowest BCUT2D eigenvalue weighted by Gasteiger charge is -2.38. The summed E-state index contributed by atoms with van der Waals surface area (Å²) in [5.41, 5.74) is 8.50. The minimum Gasteiger partial charge on any atom is -0.381 e. The molecule has 2 amide bonds. The highest BCUT2D eigenvalue weighted by atomic mass is 16.5. The Morgan fingerprint density at radius 1 is 1.58 bits per heavy atom. The monoisotopic (exact) mass is 268 g/mol. The van der Waals surface area contributed by atoms with Crippen molar-refractivity contribution in [1.29, 1.82) is 0 Å². The van der Waals surface area contributed by atoms with Crippen molar-refractivity contribution >= 4 is 17.5 Å². The molecule has 2 aliphatic heterocycles. The number of hydrazone groups is 1. The van der Waals surface area contributed by atoms with E-state index in [0.717, 1.165) is 12.8 Å². The zero-order valence-corrected chi connectivity index (χ0v) is 11.1. The van der Waals surface area contributed by atoms with Gasteiger partial charge in [0.25, 0.3) is 5.91 Å². The van der Waals surface area contributed by atoms with Gasteiger partial charge in [0.15, 0.2) is 0 Å². The first kappa shape index (κ1) is 14.0. The third-order valence-corrected chi connectivity index (χ3v) is 3.69. The Bertz CT molecular complexity index is 396. The molecule has 0 radical (unpaired) electrons. The lowest BCUT2D eigenvalue weighted by atomic mass is 9.98. The number of hydrogen-bond donors (Lipinski definition) is 2. The van der Waals surface area contributed by atoms with Gasteiger partial charge in [-0.15, -0.1) is 0 Å². The number of nitrogens with two attached hydrogens (primary N) is 1. The van der Waals surface area contributed by atoms with E-state index in [1.165, 1.54) is 0 Å². The summed E-state index contributed by atoms with van der Waals surface area (Å²) < 4.78 is 5.33. The van der Waals surface area contributed by atoms with Crippen molar-refractivity contribution in [2.75, 3.05) is 20.2 Å². The van der Waals surface area contributed by atoms with E-state index in [4.69, 9.17) is 10.5 Å². The average molecular weight is 268 g/mol. The van der Waals surface area contributed by atoms with Gasteiger partial charge in [-0.1, -0.05) is 0 Å². The fourth-order valence-corrected chi connectivity index (χ4v) is 2.51. The Balaban J connectivity index is 2.04. The number of nitrogens with one attached hydrogen (secondary N) is 1. The second-order valence-electron chi connectivity index (χ2n) is 4.86. The van der Waals surface area contributed by atoms with Crippen molar-refractivity contribution in [3.63, 3.8) is 0 Å². The normalized spacial score (nSPS) is 27.8. The molecule has 2 unspecified atom stereocenters. The van der Waals surface area contributed by atoms with Gasteiger partial charge in [0.2, 0.25) is 5.91 Å².